The lowest BCUT2D eigenvalue weighted by Gasteiger charge is -2.29. The Morgan fingerprint density at radius 3 is 2.76 bits per heavy atom. The van der Waals surface area contributed by atoms with E-state index < -0.39 is 21.0 Å². The Labute approximate surface area is 199 Å². The van der Waals surface area contributed by atoms with E-state index in [1.54, 1.807) is 23.6 Å². The summed E-state index contributed by atoms with van der Waals surface area (Å²) in [6, 6.07) is 6.78. The molecule has 1 aromatic carbocycles. The summed E-state index contributed by atoms with van der Waals surface area (Å²) in [5, 5.41) is 13.2. The summed E-state index contributed by atoms with van der Waals surface area (Å²) < 4.78 is 28.4. The quantitative estimate of drug-likeness (QED) is 0.338. The van der Waals surface area contributed by atoms with Crippen molar-refractivity contribution < 1.29 is 18.1 Å². The molecule has 2 aromatic heterocycles. The van der Waals surface area contributed by atoms with Crippen LogP contribution < -0.4 is 4.90 Å². The summed E-state index contributed by atoms with van der Waals surface area (Å²) in [6.45, 7) is 1.15. The number of non-ortho nitro benzene ring substituents is 1. The number of nitrogens with zero attached hydrogens (tertiary/aromatic N) is 5. The Kier molecular flexibility index (Phi) is 6.77. The molecular formula is C20H23N5O5S3. The number of likely N-dealkylation sites (N-methyl/N-ethyl adjacent to an activating group) is 1. The molecule has 3 heterocycles. The zero-order valence-corrected chi connectivity index (χ0v) is 20.5. The molecule has 0 saturated carbocycles. The van der Waals surface area contributed by atoms with Gasteiger partial charge in [-0.25, -0.2) is 13.4 Å². The van der Waals surface area contributed by atoms with Gasteiger partial charge in [0.25, 0.3) is 15.7 Å². The monoisotopic (exact) mass is 509 g/mol. The first-order valence-corrected chi connectivity index (χ1v) is 13.4. The molecule has 3 aromatic rings. The number of nitro benzene ring substituents is 1. The van der Waals surface area contributed by atoms with Crippen LogP contribution in [0.15, 0.2) is 39.9 Å². The summed E-state index contributed by atoms with van der Waals surface area (Å²) in [5.41, 5.74) is 0.505. The number of sulfonamides is 1. The van der Waals surface area contributed by atoms with Crippen molar-refractivity contribution in [1.82, 2.24) is 14.2 Å². The lowest BCUT2D eigenvalue weighted by Crippen LogP contribution is -2.49. The topological polar surface area (TPSA) is 117 Å². The van der Waals surface area contributed by atoms with Crippen LogP contribution in [-0.2, 0) is 14.8 Å². The fourth-order valence-electron chi connectivity index (χ4n) is 3.71. The van der Waals surface area contributed by atoms with Crippen molar-refractivity contribution in [2.24, 2.45) is 0 Å². The molecule has 176 valence electrons. The van der Waals surface area contributed by atoms with Crippen molar-refractivity contribution in [3.05, 3.63) is 45.8 Å². The molecule has 0 N–H and O–H groups in total. The van der Waals surface area contributed by atoms with Gasteiger partial charge in [0.2, 0.25) is 5.91 Å². The molecule has 0 aliphatic carbocycles. The number of thiazole rings is 1. The van der Waals surface area contributed by atoms with Gasteiger partial charge in [-0.3, -0.25) is 19.8 Å². The van der Waals surface area contributed by atoms with Gasteiger partial charge in [0.15, 0.2) is 5.13 Å². The number of thiophene rings is 1. The first-order valence-electron chi connectivity index (χ1n) is 10.2. The molecule has 1 saturated heterocycles. The van der Waals surface area contributed by atoms with E-state index in [0.29, 0.717) is 41.3 Å². The van der Waals surface area contributed by atoms with Gasteiger partial charge in [-0.05, 0) is 44.4 Å². The highest BCUT2D eigenvalue weighted by molar-refractivity contribution is 7.91. The fourth-order valence-corrected chi connectivity index (χ4v) is 7.51. The molecule has 1 amide bonds. The number of carbonyl (C=O) groups excluding carboxylic acids is 1. The van der Waals surface area contributed by atoms with Crippen molar-refractivity contribution in [2.75, 3.05) is 38.6 Å². The molecule has 0 spiro atoms. The number of anilines is 1. The molecule has 1 aliphatic rings. The number of fused-ring (bicyclic) bond motifs is 1. The van der Waals surface area contributed by atoms with E-state index in [1.807, 2.05) is 19.0 Å². The van der Waals surface area contributed by atoms with Crippen LogP contribution in [0.4, 0.5) is 10.8 Å². The molecule has 10 nitrogen and oxygen atoms in total. The fraction of sp³-hybridized carbons (Fsp3) is 0.400. The second-order valence-corrected chi connectivity index (χ2v) is 12.0. The summed E-state index contributed by atoms with van der Waals surface area (Å²) in [5.74, 6) is -0.331. The van der Waals surface area contributed by atoms with Gasteiger partial charge in [0.05, 0.1) is 15.1 Å². The van der Waals surface area contributed by atoms with Crippen LogP contribution >= 0.6 is 22.7 Å². The molecule has 0 radical (unpaired) electrons. The van der Waals surface area contributed by atoms with E-state index in [2.05, 4.69) is 4.98 Å². The van der Waals surface area contributed by atoms with Crippen LogP contribution in [0.3, 0.4) is 0 Å². The van der Waals surface area contributed by atoms with E-state index in [-0.39, 0.29) is 22.3 Å². The highest BCUT2D eigenvalue weighted by Gasteiger charge is 2.42. The molecular weight excluding hydrogens is 486 g/mol. The minimum Gasteiger partial charge on any atom is -0.308 e. The molecule has 13 heteroatoms. The van der Waals surface area contributed by atoms with Gasteiger partial charge in [-0.2, -0.15) is 4.31 Å². The number of nitro groups is 1. The second-order valence-electron chi connectivity index (χ2n) is 7.90. The van der Waals surface area contributed by atoms with E-state index in [1.165, 1.54) is 32.7 Å². The van der Waals surface area contributed by atoms with Crippen LogP contribution in [0.1, 0.15) is 12.8 Å². The predicted octanol–water partition coefficient (Wildman–Crippen LogP) is 3.01. The Hall–Kier alpha value is -2.45. The minimum atomic E-state index is -3.77. The number of rotatable bonds is 8. The standard InChI is InChI=1S/C20H23N5O5S3/c1-22(2)10-11-23(20-21-15-8-7-14(25(27)28)13-17(15)32-20)19(26)16-5-3-9-24(16)33(29,30)18-6-4-12-31-18/h4,6-8,12-13,16H,3,5,9-11H2,1-2H3. The summed E-state index contributed by atoms with van der Waals surface area (Å²) in [7, 11) is -0.00949. The summed E-state index contributed by atoms with van der Waals surface area (Å²) in [4.78, 5) is 32.3. The maximum atomic E-state index is 13.7. The van der Waals surface area contributed by atoms with Crippen molar-refractivity contribution in [3.63, 3.8) is 0 Å². The number of hydrogen-bond acceptors (Lipinski definition) is 9. The van der Waals surface area contributed by atoms with E-state index in [0.717, 1.165) is 11.3 Å². The highest BCUT2D eigenvalue weighted by atomic mass is 32.2. The number of hydrogen-bond donors (Lipinski definition) is 0. The third-order valence-corrected chi connectivity index (χ3v) is 9.71. The van der Waals surface area contributed by atoms with Gasteiger partial charge in [-0.1, -0.05) is 17.4 Å². The molecule has 33 heavy (non-hydrogen) atoms. The largest absolute Gasteiger partial charge is 0.308 e. The molecule has 1 aliphatic heterocycles. The van der Waals surface area contributed by atoms with Crippen molar-refractivity contribution in [2.45, 2.75) is 23.1 Å². The van der Waals surface area contributed by atoms with Crippen LogP contribution in [0.25, 0.3) is 10.2 Å². The molecule has 1 unspecified atom stereocenters. The SMILES string of the molecule is CN(C)CCN(C(=O)C1CCCN1S(=O)(=O)c1cccs1)c1nc2ccc([N+](=O)[O-])cc2s1. The van der Waals surface area contributed by atoms with Crippen molar-refractivity contribution >= 4 is 59.6 Å². The van der Waals surface area contributed by atoms with E-state index in [4.69, 9.17) is 0 Å². The van der Waals surface area contributed by atoms with Gasteiger partial charge < -0.3 is 4.90 Å². The summed E-state index contributed by atoms with van der Waals surface area (Å²) in [6.07, 6.45) is 1.02. The van der Waals surface area contributed by atoms with Crippen molar-refractivity contribution in [1.29, 1.82) is 0 Å². The predicted molar refractivity (Wildman–Crippen MR) is 128 cm³/mol. The number of benzene rings is 1. The van der Waals surface area contributed by atoms with Crippen LogP contribution in [0.2, 0.25) is 0 Å². The molecule has 1 fully saturated rings. The zero-order chi connectivity index (χ0) is 23.8. The normalized spacial score (nSPS) is 17.1. The van der Waals surface area contributed by atoms with Gasteiger partial charge in [0, 0.05) is 31.8 Å². The van der Waals surface area contributed by atoms with E-state index in [9.17, 15) is 23.3 Å². The van der Waals surface area contributed by atoms with Gasteiger partial charge in [0.1, 0.15) is 10.3 Å². The smallest absolute Gasteiger partial charge is 0.270 e. The lowest BCUT2D eigenvalue weighted by molar-refractivity contribution is -0.384. The molecule has 4 rings (SSSR count). The Morgan fingerprint density at radius 2 is 2.09 bits per heavy atom. The summed E-state index contributed by atoms with van der Waals surface area (Å²) >= 11 is 2.32. The third kappa shape index (κ3) is 4.77. The third-order valence-electron chi connectivity index (χ3n) is 5.39. The molecule has 0 bridgehead atoms. The second kappa shape index (κ2) is 9.43. The van der Waals surface area contributed by atoms with Crippen LogP contribution in [0.5, 0.6) is 0 Å². The van der Waals surface area contributed by atoms with Gasteiger partial charge >= 0.3 is 0 Å². The highest BCUT2D eigenvalue weighted by Crippen LogP contribution is 2.34. The van der Waals surface area contributed by atoms with Crippen molar-refractivity contribution in [3.8, 4) is 0 Å². The average molecular weight is 510 g/mol. The maximum Gasteiger partial charge on any atom is 0.270 e. The minimum absolute atomic E-state index is 0.0483. The van der Waals surface area contributed by atoms with E-state index >= 15 is 0 Å². The van der Waals surface area contributed by atoms with Crippen LogP contribution in [-0.4, -0.2) is 73.2 Å². The zero-order valence-electron chi connectivity index (χ0n) is 18.1. The number of amides is 1. The number of aromatic nitrogens is 1. The average Bonchev–Trinajstić information content (AvgIpc) is 3.53. The van der Waals surface area contributed by atoms with Crippen LogP contribution in [0, 0.1) is 10.1 Å². The van der Waals surface area contributed by atoms with Gasteiger partial charge in [-0.15, -0.1) is 11.3 Å². The molecule has 1 atom stereocenters. The first-order chi connectivity index (χ1) is 15.7. The first kappa shape index (κ1) is 23.7. The number of carbonyl (C=O) groups is 1. The lowest BCUT2D eigenvalue weighted by atomic mass is 10.2. The Morgan fingerprint density at radius 1 is 1.30 bits per heavy atom. The maximum absolute atomic E-state index is 13.7. The Balaban J connectivity index is 1.68. The Bertz CT molecular complexity index is 1270.